The van der Waals surface area contributed by atoms with Gasteiger partial charge in [0.1, 0.15) is 11.0 Å². The summed E-state index contributed by atoms with van der Waals surface area (Å²) in [5.74, 6) is 0.283. The van der Waals surface area contributed by atoms with Crippen LogP contribution in [0.4, 0.5) is 16.2 Å². The minimum atomic E-state index is -0.593. The number of pyridine rings is 1. The van der Waals surface area contributed by atoms with E-state index >= 15 is 0 Å². The van der Waals surface area contributed by atoms with Gasteiger partial charge in [0.15, 0.2) is 5.82 Å². The standard InChI is InChI=1S/C40H47Cl2N13O4/c1-24(36-32(22-44-34(50-36)20-33(42)43)49-40(59)48-28-19-31(41)37(45-21-28)55-46-12-13-47-55)52(2)39(58)26-10-14-53(15-11-26)23-25-8-16-54(17-9-25)29-5-3-4-27(18-29)30-6-7-35(56)51-38(30)57/h3-5,12-13,18-22,24-26,30,43,50H,6-11,14-17,23H2,1-2H3,(H2,48,49,59)(H,51,56,57)/b34-20-,43-33?/t24-,30?/m1/s1. The molecule has 5 N–H and O–H groups in total. The molecule has 2 aromatic heterocycles. The number of halogens is 2. The molecule has 6 heterocycles. The number of hydrogen-bond donors (Lipinski definition) is 5. The number of likely N-dealkylation sites (tertiary alicyclic amines) is 1. The van der Waals surface area contributed by atoms with Crippen molar-refractivity contribution in [1.29, 1.82) is 5.41 Å². The van der Waals surface area contributed by atoms with Crippen LogP contribution in [0.5, 0.6) is 0 Å². The van der Waals surface area contributed by atoms with E-state index in [0.717, 1.165) is 69.7 Å². The van der Waals surface area contributed by atoms with Crippen molar-refractivity contribution in [1.82, 2.24) is 45.7 Å². The minimum absolute atomic E-state index is 0.00806. The Kier molecular flexibility index (Phi) is 13.0. The first-order valence-corrected chi connectivity index (χ1v) is 20.5. The van der Waals surface area contributed by atoms with Crippen molar-refractivity contribution in [2.24, 2.45) is 16.8 Å². The van der Waals surface area contributed by atoms with E-state index in [1.807, 2.05) is 19.1 Å². The molecule has 0 saturated carbocycles. The molecular weight excluding hydrogens is 797 g/mol. The second-order valence-electron chi connectivity index (χ2n) is 15.2. The number of piperidine rings is 3. The molecule has 0 spiro atoms. The van der Waals surface area contributed by atoms with Crippen LogP contribution in [0.25, 0.3) is 5.82 Å². The molecule has 5 amide bonds. The van der Waals surface area contributed by atoms with Gasteiger partial charge < -0.3 is 30.7 Å². The quantitative estimate of drug-likeness (QED) is 0.136. The van der Waals surface area contributed by atoms with Gasteiger partial charge in [-0.3, -0.25) is 25.1 Å². The number of rotatable bonds is 11. The number of amides is 5. The zero-order valence-electron chi connectivity index (χ0n) is 32.8. The number of nitrogens with one attached hydrogen (secondary N) is 5. The number of imide groups is 1. The number of anilines is 2. The average molecular weight is 845 g/mol. The molecule has 3 fully saturated rings. The number of aliphatic imine (C=N–C) groups is 1. The summed E-state index contributed by atoms with van der Waals surface area (Å²) in [5.41, 5.74) is 3.22. The van der Waals surface area contributed by atoms with Crippen LogP contribution < -0.4 is 26.2 Å². The van der Waals surface area contributed by atoms with E-state index < -0.39 is 12.1 Å². The van der Waals surface area contributed by atoms with Gasteiger partial charge >= 0.3 is 6.03 Å². The van der Waals surface area contributed by atoms with Crippen molar-refractivity contribution in [3.05, 3.63) is 82.8 Å². The highest BCUT2D eigenvalue weighted by molar-refractivity contribution is 6.67. The van der Waals surface area contributed by atoms with Crippen molar-refractivity contribution in [2.45, 2.75) is 57.4 Å². The Bertz CT molecular complexity index is 2180. The van der Waals surface area contributed by atoms with Crippen molar-refractivity contribution >= 4 is 69.7 Å². The van der Waals surface area contributed by atoms with Gasteiger partial charge in [0.05, 0.1) is 58.9 Å². The molecule has 7 rings (SSSR count). The summed E-state index contributed by atoms with van der Waals surface area (Å²) < 4.78 is 0. The summed E-state index contributed by atoms with van der Waals surface area (Å²) in [6.07, 6.45) is 11.7. The Morgan fingerprint density at radius 3 is 2.47 bits per heavy atom. The van der Waals surface area contributed by atoms with Gasteiger partial charge in [0, 0.05) is 50.8 Å². The lowest BCUT2D eigenvalue weighted by atomic mass is 9.89. The average Bonchev–Trinajstić information content (AvgIpc) is 3.76. The molecule has 59 heavy (non-hydrogen) atoms. The summed E-state index contributed by atoms with van der Waals surface area (Å²) in [5, 5.41) is 26.9. The predicted octanol–water partition coefficient (Wildman–Crippen LogP) is 4.38. The summed E-state index contributed by atoms with van der Waals surface area (Å²) in [7, 11) is 1.75. The second kappa shape index (κ2) is 18.5. The number of likely N-dealkylation sites (N-methyl/N-ethyl adjacent to an activating group) is 1. The maximum Gasteiger partial charge on any atom is 0.323 e. The van der Waals surface area contributed by atoms with E-state index in [-0.39, 0.29) is 45.6 Å². The lowest BCUT2D eigenvalue weighted by Gasteiger charge is -2.39. The number of carbonyl (C=O) groups excluding carboxylic acids is 4. The Hall–Kier alpha value is -5.65. The zero-order valence-corrected chi connectivity index (χ0v) is 34.3. The van der Waals surface area contributed by atoms with Crippen LogP contribution in [0, 0.1) is 17.2 Å². The largest absolute Gasteiger partial charge is 0.372 e. The highest BCUT2D eigenvalue weighted by Crippen LogP contribution is 2.31. The number of hydrogen-bond acceptors (Lipinski definition) is 12. The van der Waals surface area contributed by atoms with Crippen LogP contribution in [0.3, 0.4) is 0 Å². The fourth-order valence-electron chi connectivity index (χ4n) is 8.04. The van der Waals surface area contributed by atoms with E-state index in [1.54, 1.807) is 11.9 Å². The number of benzene rings is 1. The third kappa shape index (κ3) is 10.1. The number of urea groups is 1. The first kappa shape index (κ1) is 41.5. The van der Waals surface area contributed by atoms with E-state index in [4.69, 9.17) is 28.6 Å². The van der Waals surface area contributed by atoms with Crippen molar-refractivity contribution < 1.29 is 19.2 Å². The molecule has 1 unspecified atom stereocenters. The van der Waals surface area contributed by atoms with Crippen LogP contribution in [-0.2, 0) is 14.4 Å². The molecule has 4 aliphatic rings. The van der Waals surface area contributed by atoms with Gasteiger partial charge in [0.25, 0.3) is 0 Å². The highest BCUT2D eigenvalue weighted by atomic mass is 35.5. The van der Waals surface area contributed by atoms with E-state index in [2.05, 4.69) is 63.4 Å². The normalized spacial score (nSPS) is 20.6. The number of aromatic nitrogens is 4. The van der Waals surface area contributed by atoms with E-state index in [9.17, 15) is 19.2 Å². The zero-order chi connectivity index (χ0) is 41.6. The lowest BCUT2D eigenvalue weighted by molar-refractivity contribution is -0.137. The predicted molar refractivity (Wildman–Crippen MR) is 225 cm³/mol. The van der Waals surface area contributed by atoms with Gasteiger partial charge in [-0.1, -0.05) is 35.3 Å². The molecule has 0 bridgehead atoms. The molecule has 1 aromatic carbocycles. The number of nitrogens with zero attached hydrogens (tertiary/aromatic N) is 8. The SMILES string of the molecule is C[C@H](C1=C(NC(=O)Nc2cnc(-n3nccn3)c(Cl)c2)C=N/C(=C/C(=N)Cl)N1)N(C)C(=O)C1CCN(CC2CCN(c3cccc(C4CCC(=O)NC4=O)c3)CC2)CC1. The Morgan fingerprint density at radius 1 is 1.03 bits per heavy atom. The van der Waals surface area contributed by atoms with Crippen LogP contribution in [-0.4, -0.2) is 111 Å². The van der Waals surface area contributed by atoms with Gasteiger partial charge in [-0.05, 0) is 81.8 Å². The maximum atomic E-state index is 14.0. The molecule has 3 aromatic rings. The Balaban J connectivity index is 0.915. The van der Waals surface area contributed by atoms with Gasteiger partial charge in [-0.2, -0.15) is 10.2 Å². The molecule has 0 radical (unpaired) electrons. The summed E-state index contributed by atoms with van der Waals surface area (Å²) >= 11 is 12.2. The third-order valence-electron chi connectivity index (χ3n) is 11.4. The molecule has 19 heteroatoms. The monoisotopic (exact) mass is 843 g/mol. The van der Waals surface area contributed by atoms with Crippen LogP contribution >= 0.6 is 23.2 Å². The first-order valence-electron chi connectivity index (χ1n) is 19.7. The van der Waals surface area contributed by atoms with E-state index in [0.29, 0.717) is 41.7 Å². The van der Waals surface area contributed by atoms with Crippen molar-refractivity contribution in [2.75, 3.05) is 50.0 Å². The van der Waals surface area contributed by atoms with Crippen molar-refractivity contribution in [3.63, 3.8) is 0 Å². The van der Waals surface area contributed by atoms with Crippen LogP contribution in [0.1, 0.15) is 56.9 Å². The number of allylic oxidation sites excluding steroid dienone is 2. The van der Waals surface area contributed by atoms with Crippen molar-refractivity contribution in [3.8, 4) is 5.82 Å². The van der Waals surface area contributed by atoms with Crippen LogP contribution in [0.15, 0.2) is 77.2 Å². The molecule has 310 valence electrons. The Labute approximate surface area is 351 Å². The third-order valence-corrected chi connectivity index (χ3v) is 11.8. The fourth-order valence-corrected chi connectivity index (χ4v) is 8.39. The first-order chi connectivity index (χ1) is 28.4. The molecule has 3 saturated heterocycles. The maximum absolute atomic E-state index is 14.0. The Morgan fingerprint density at radius 2 is 1.78 bits per heavy atom. The fraction of sp³-hybridized carbons (Fsp3) is 0.425. The highest BCUT2D eigenvalue weighted by Gasteiger charge is 2.33. The van der Waals surface area contributed by atoms with Crippen LogP contribution in [0.2, 0.25) is 5.02 Å². The molecular formula is C40H47Cl2N13O4. The second-order valence-corrected chi connectivity index (χ2v) is 16.1. The van der Waals surface area contributed by atoms with Gasteiger partial charge in [-0.15, -0.1) is 4.80 Å². The topological polar surface area (TPSA) is 206 Å². The summed E-state index contributed by atoms with van der Waals surface area (Å²) in [4.78, 5) is 67.6. The molecule has 17 nitrogen and oxygen atoms in total. The van der Waals surface area contributed by atoms with Gasteiger partial charge in [0.2, 0.25) is 17.7 Å². The molecule has 2 atom stereocenters. The van der Waals surface area contributed by atoms with Gasteiger partial charge in [-0.25, -0.2) is 14.8 Å². The molecule has 0 aliphatic carbocycles. The minimum Gasteiger partial charge on any atom is -0.372 e. The number of carbonyl (C=O) groups is 4. The van der Waals surface area contributed by atoms with E-state index in [1.165, 1.54) is 41.7 Å². The lowest BCUT2D eigenvalue weighted by Crippen LogP contribution is -2.48. The smallest absolute Gasteiger partial charge is 0.323 e. The summed E-state index contributed by atoms with van der Waals surface area (Å²) in [6, 6.07) is 8.59. The molecule has 4 aliphatic heterocycles. The summed E-state index contributed by atoms with van der Waals surface area (Å²) in [6.45, 7) is 6.37.